The van der Waals surface area contributed by atoms with Gasteiger partial charge in [0.05, 0.1) is 0 Å². The van der Waals surface area contributed by atoms with Crippen molar-refractivity contribution in [2.24, 2.45) is 5.73 Å². The molecular formula is C13H11ClF3NO. The monoisotopic (exact) mass is 289 g/mol. The van der Waals surface area contributed by atoms with Gasteiger partial charge in [-0.1, -0.05) is 30.2 Å². The quantitative estimate of drug-likeness (QED) is 0.499. The number of aliphatic hydroxyl groups excluding tert-OH is 1. The third-order valence-electron chi connectivity index (χ3n) is 3.15. The van der Waals surface area contributed by atoms with Crippen molar-refractivity contribution >= 4 is 11.6 Å². The van der Waals surface area contributed by atoms with Crippen LogP contribution >= 0.6 is 11.6 Å². The summed E-state index contributed by atoms with van der Waals surface area (Å²) in [6, 6.07) is 8.01. The highest BCUT2D eigenvalue weighted by molar-refractivity contribution is 6.29. The molecule has 3 N–H and O–H groups in total. The van der Waals surface area contributed by atoms with Crippen LogP contribution in [0.5, 0.6) is 0 Å². The summed E-state index contributed by atoms with van der Waals surface area (Å²) in [5, 5.41) is 9.39. The van der Waals surface area contributed by atoms with Crippen LogP contribution in [-0.4, -0.2) is 16.2 Å². The summed E-state index contributed by atoms with van der Waals surface area (Å²) in [7, 11) is 0. The fourth-order valence-corrected chi connectivity index (χ4v) is 2.43. The molecular weight excluding hydrogens is 279 g/mol. The summed E-state index contributed by atoms with van der Waals surface area (Å²) in [5.41, 5.74) is 5.27. The fourth-order valence-electron chi connectivity index (χ4n) is 2.11. The second kappa shape index (κ2) is 4.62. The SMILES string of the molecule is NC#C[C@]1(Cl)C[C@H]1c1ccccc1[C@H](O)C(F)(F)F. The number of hydrogen-bond donors (Lipinski definition) is 2. The lowest BCUT2D eigenvalue weighted by atomic mass is 9.97. The third kappa shape index (κ3) is 2.65. The average Bonchev–Trinajstić information content (AvgIpc) is 2.99. The van der Waals surface area contributed by atoms with Crippen molar-refractivity contribution in [2.45, 2.75) is 29.5 Å². The normalized spacial score (nSPS) is 27.3. The Morgan fingerprint density at radius 2 is 2.05 bits per heavy atom. The van der Waals surface area contributed by atoms with Gasteiger partial charge in [-0.3, -0.25) is 0 Å². The van der Waals surface area contributed by atoms with Crippen molar-refractivity contribution in [1.29, 1.82) is 0 Å². The Labute approximate surface area is 113 Å². The Kier molecular flexibility index (Phi) is 3.41. The molecule has 3 atom stereocenters. The van der Waals surface area contributed by atoms with E-state index in [1.54, 1.807) is 6.07 Å². The first-order valence-electron chi connectivity index (χ1n) is 5.55. The molecule has 2 nitrogen and oxygen atoms in total. The minimum absolute atomic E-state index is 0.179. The lowest BCUT2D eigenvalue weighted by Gasteiger charge is -2.18. The first kappa shape index (κ1) is 14.0. The van der Waals surface area contributed by atoms with E-state index < -0.39 is 17.2 Å². The van der Waals surface area contributed by atoms with Gasteiger partial charge in [0, 0.05) is 12.0 Å². The molecule has 0 unspecified atom stereocenters. The molecule has 1 aromatic rings. The van der Waals surface area contributed by atoms with Gasteiger partial charge in [-0.2, -0.15) is 13.2 Å². The maximum absolute atomic E-state index is 12.6. The number of rotatable bonds is 2. The zero-order chi connectivity index (χ0) is 14.3. The molecule has 0 spiro atoms. The molecule has 1 aromatic carbocycles. The van der Waals surface area contributed by atoms with Gasteiger partial charge >= 0.3 is 6.18 Å². The van der Waals surface area contributed by atoms with Crippen molar-refractivity contribution < 1.29 is 18.3 Å². The molecule has 0 aliphatic heterocycles. The molecule has 0 radical (unpaired) electrons. The van der Waals surface area contributed by atoms with Crippen LogP contribution in [0.15, 0.2) is 24.3 Å². The summed E-state index contributed by atoms with van der Waals surface area (Å²) in [6.45, 7) is 0. The largest absolute Gasteiger partial charge is 0.418 e. The highest BCUT2D eigenvalue weighted by Gasteiger charge is 2.55. The minimum Gasteiger partial charge on any atom is -0.379 e. The van der Waals surface area contributed by atoms with Crippen LogP contribution in [0.4, 0.5) is 13.2 Å². The van der Waals surface area contributed by atoms with Crippen LogP contribution in [0.25, 0.3) is 0 Å². The Bertz CT molecular complexity index is 549. The van der Waals surface area contributed by atoms with Crippen molar-refractivity contribution in [2.75, 3.05) is 0 Å². The molecule has 0 heterocycles. The standard InChI is InChI=1S/C13H11ClF3NO/c14-12(5-6-18)7-10(12)8-3-1-2-4-9(8)11(19)13(15,16)17/h1-4,10-11,19H,7,18H2/t10-,11-,12-/m0/s1. The molecule has 1 saturated carbocycles. The second-order valence-corrected chi connectivity index (χ2v) is 5.14. The lowest BCUT2D eigenvalue weighted by molar-refractivity contribution is -0.207. The van der Waals surface area contributed by atoms with Gasteiger partial charge in [0.25, 0.3) is 0 Å². The van der Waals surface area contributed by atoms with Gasteiger partial charge < -0.3 is 10.8 Å². The van der Waals surface area contributed by atoms with E-state index >= 15 is 0 Å². The summed E-state index contributed by atoms with van der Waals surface area (Å²) >= 11 is 6.12. The number of benzene rings is 1. The van der Waals surface area contributed by atoms with Crippen LogP contribution in [-0.2, 0) is 0 Å². The molecule has 0 saturated heterocycles. The molecule has 102 valence electrons. The van der Waals surface area contributed by atoms with Crippen molar-refractivity contribution in [3.63, 3.8) is 0 Å². The van der Waals surface area contributed by atoms with Gasteiger partial charge in [-0.15, -0.1) is 11.6 Å². The topological polar surface area (TPSA) is 46.2 Å². The van der Waals surface area contributed by atoms with Crippen molar-refractivity contribution in [3.05, 3.63) is 35.4 Å². The smallest absolute Gasteiger partial charge is 0.379 e. The summed E-state index contributed by atoms with van der Waals surface area (Å²) < 4.78 is 37.8. The molecule has 2 rings (SSSR count). The molecule has 1 aliphatic carbocycles. The fraction of sp³-hybridized carbons (Fsp3) is 0.385. The number of hydrogen-bond acceptors (Lipinski definition) is 2. The maximum atomic E-state index is 12.6. The van der Waals surface area contributed by atoms with E-state index in [2.05, 4.69) is 12.0 Å². The zero-order valence-electron chi connectivity index (χ0n) is 9.71. The molecule has 1 aliphatic rings. The van der Waals surface area contributed by atoms with Crippen LogP contribution in [0.2, 0.25) is 0 Å². The number of aliphatic hydroxyl groups is 1. The Morgan fingerprint density at radius 3 is 2.63 bits per heavy atom. The highest BCUT2D eigenvalue weighted by Crippen LogP contribution is 2.57. The molecule has 1 fully saturated rings. The Balaban J connectivity index is 2.36. The summed E-state index contributed by atoms with van der Waals surface area (Å²) in [4.78, 5) is -0.920. The summed E-state index contributed by atoms with van der Waals surface area (Å²) in [5.74, 6) is 2.23. The number of halogens is 4. The van der Waals surface area contributed by atoms with Gasteiger partial charge in [-0.25, -0.2) is 0 Å². The van der Waals surface area contributed by atoms with Crippen molar-refractivity contribution in [3.8, 4) is 12.0 Å². The number of alkyl halides is 4. The van der Waals surface area contributed by atoms with E-state index in [-0.39, 0.29) is 11.5 Å². The van der Waals surface area contributed by atoms with Gasteiger partial charge in [0.15, 0.2) is 6.10 Å². The minimum atomic E-state index is -4.71. The first-order valence-corrected chi connectivity index (χ1v) is 5.92. The van der Waals surface area contributed by atoms with E-state index in [0.29, 0.717) is 12.0 Å². The molecule has 19 heavy (non-hydrogen) atoms. The van der Waals surface area contributed by atoms with Gasteiger partial charge in [0.2, 0.25) is 0 Å². The van der Waals surface area contributed by atoms with Crippen LogP contribution in [0.1, 0.15) is 29.6 Å². The van der Waals surface area contributed by atoms with E-state index in [9.17, 15) is 18.3 Å². The van der Waals surface area contributed by atoms with Crippen molar-refractivity contribution in [1.82, 2.24) is 0 Å². The molecule has 6 heteroatoms. The third-order valence-corrected chi connectivity index (χ3v) is 3.66. The zero-order valence-corrected chi connectivity index (χ0v) is 10.5. The summed E-state index contributed by atoms with van der Waals surface area (Å²) in [6.07, 6.45) is -6.81. The molecule has 0 aromatic heterocycles. The predicted molar refractivity (Wildman–Crippen MR) is 65.4 cm³/mol. The van der Waals surface area contributed by atoms with Crippen LogP contribution < -0.4 is 5.73 Å². The predicted octanol–water partition coefficient (Wildman–Crippen LogP) is 2.67. The van der Waals surface area contributed by atoms with Crippen LogP contribution in [0.3, 0.4) is 0 Å². The van der Waals surface area contributed by atoms with Gasteiger partial charge in [0.1, 0.15) is 4.87 Å². The Morgan fingerprint density at radius 1 is 1.42 bits per heavy atom. The van der Waals surface area contributed by atoms with E-state index in [4.69, 9.17) is 17.3 Å². The Hall–Kier alpha value is -1.38. The average molecular weight is 290 g/mol. The molecule has 0 amide bonds. The van der Waals surface area contributed by atoms with E-state index in [1.165, 1.54) is 18.2 Å². The number of nitrogens with two attached hydrogens (primary N) is 1. The lowest BCUT2D eigenvalue weighted by Crippen LogP contribution is -2.21. The van der Waals surface area contributed by atoms with E-state index in [0.717, 1.165) is 0 Å². The first-order chi connectivity index (χ1) is 8.79. The van der Waals surface area contributed by atoms with E-state index in [1.807, 2.05) is 0 Å². The highest BCUT2D eigenvalue weighted by atomic mass is 35.5. The molecule has 0 bridgehead atoms. The second-order valence-electron chi connectivity index (χ2n) is 4.46. The van der Waals surface area contributed by atoms with Gasteiger partial charge in [-0.05, 0) is 17.5 Å². The van der Waals surface area contributed by atoms with Crippen LogP contribution in [0, 0.1) is 12.0 Å². The maximum Gasteiger partial charge on any atom is 0.418 e.